The molecule has 7 heteroatoms. The van der Waals surface area contributed by atoms with Crippen molar-refractivity contribution in [1.82, 2.24) is 0 Å². The number of rotatable bonds is 6. The number of hydrogen-bond donors (Lipinski definition) is 2. The van der Waals surface area contributed by atoms with Crippen molar-refractivity contribution in [2.45, 2.75) is 18.1 Å². The monoisotopic (exact) mass is 262 g/mol. The molecule has 0 saturated carbocycles. The summed E-state index contributed by atoms with van der Waals surface area (Å²) in [5.41, 5.74) is 0. The van der Waals surface area contributed by atoms with Crippen LogP contribution in [0.4, 0.5) is 0 Å². The quantitative estimate of drug-likeness (QED) is 0.578. The summed E-state index contributed by atoms with van der Waals surface area (Å²) in [7, 11) is -4.18. The molecule has 0 bridgehead atoms. The van der Waals surface area contributed by atoms with Gasteiger partial charge in [-0.2, -0.15) is 8.42 Å². The summed E-state index contributed by atoms with van der Waals surface area (Å²) in [4.78, 5) is -0.200. The van der Waals surface area contributed by atoms with Crippen molar-refractivity contribution < 1.29 is 27.6 Å². The minimum absolute atomic E-state index is 0.102. The lowest BCUT2D eigenvalue weighted by Gasteiger charge is -2.14. The zero-order valence-electron chi connectivity index (χ0n) is 9.24. The van der Waals surface area contributed by atoms with Gasteiger partial charge in [0.05, 0.1) is 18.1 Å². The third-order valence-electron chi connectivity index (χ3n) is 1.87. The van der Waals surface area contributed by atoms with Gasteiger partial charge in [0.15, 0.2) is 6.29 Å². The average molecular weight is 262 g/mol. The largest absolute Gasteiger partial charge is 0.465 e. The highest BCUT2D eigenvalue weighted by molar-refractivity contribution is 7.85. The van der Waals surface area contributed by atoms with E-state index in [-0.39, 0.29) is 18.1 Å². The molecule has 1 atom stereocenters. The van der Waals surface area contributed by atoms with Crippen molar-refractivity contribution in [3.05, 3.63) is 24.3 Å². The van der Waals surface area contributed by atoms with Crippen LogP contribution in [0.3, 0.4) is 0 Å². The predicted molar refractivity (Wildman–Crippen MR) is 59.4 cm³/mol. The lowest BCUT2D eigenvalue weighted by Crippen LogP contribution is -2.18. The van der Waals surface area contributed by atoms with Gasteiger partial charge in [0.25, 0.3) is 10.1 Å². The van der Waals surface area contributed by atoms with Gasteiger partial charge in [0, 0.05) is 0 Å². The van der Waals surface area contributed by atoms with Crippen LogP contribution in [-0.2, 0) is 14.9 Å². The fourth-order valence-corrected chi connectivity index (χ4v) is 1.61. The second-order valence-corrected chi connectivity index (χ2v) is 4.65. The van der Waals surface area contributed by atoms with Crippen molar-refractivity contribution in [2.24, 2.45) is 0 Å². The number of benzene rings is 1. The summed E-state index contributed by atoms with van der Waals surface area (Å²) < 4.78 is 40.6. The Labute approximate surface area is 99.5 Å². The minimum Gasteiger partial charge on any atom is -0.465 e. The van der Waals surface area contributed by atoms with Crippen molar-refractivity contribution in [3.63, 3.8) is 0 Å². The van der Waals surface area contributed by atoms with Crippen molar-refractivity contribution in [3.8, 4) is 5.75 Å². The van der Waals surface area contributed by atoms with Crippen LogP contribution in [0, 0.1) is 0 Å². The van der Waals surface area contributed by atoms with Gasteiger partial charge in [-0.25, -0.2) is 0 Å². The van der Waals surface area contributed by atoms with Gasteiger partial charge in [-0.15, -0.1) is 0 Å². The summed E-state index contributed by atoms with van der Waals surface area (Å²) in [6, 6.07) is 5.26. The third-order valence-corrected chi connectivity index (χ3v) is 2.74. The lowest BCUT2D eigenvalue weighted by molar-refractivity contribution is -0.0760. The fraction of sp³-hybridized carbons (Fsp3) is 0.400. The van der Waals surface area contributed by atoms with Gasteiger partial charge in [-0.1, -0.05) is 0 Å². The Kier molecular flexibility index (Phi) is 4.88. The van der Waals surface area contributed by atoms with Crippen LogP contribution in [0.5, 0.6) is 5.75 Å². The number of ether oxygens (including phenoxy) is 2. The van der Waals surface area contributed by atoms with E-state index < -0.39 is 16.4 Å². The first kappa shape index (κ1) is 13.9. The average Bonchev–Trinajstić information content (AvgIpc) is 2.26. The molecule has 2 N–H and O–H groups in total. The summed E-state index contributed by atoms with van der Waals surface area (Å²) in [5.74, 6) is 0.405. The molecule has 6 nitrogen and oxygen atoms in total. The van der Waals surface area contributed by atoms with Gasteiger partial charge in [0.1, 0.15) is 5.75 Å². The van der Waals surface area contributed by atoms with Gasteiger partial charge in [-0.05, 0) is 31.2 Å². The highest BCUT2D eigenvalue weighted by Gasteiger charge is 2.09. The summed E-state index contributed by atoms with van der Waals surface area (Å²) >= 11 is 0. The molecule has 0 saturated heterocycles. The first-order valence-corrected chi connectivity index (χ1v) is 6.34. The van der Waals surface area contributed by atoms with Crippen LogP contribution in [0.15, 0.2) is 29.2 Å². The summed E-state index contributed by atoms with van der Waals surface area (Å²) in [5, 5.41) is 8.53. The molecule has 0 heterocycles. The van der Waals surface area contributed by atoms with Crippen LogP contribution < -0.4 is 4.74 Å². The lowest BCUT2D eigenvalue weighted by atomic mass is 10.3. The summed E-state index contributed by atoms with van der Waals surface area (Å²) in [6.45, 7) is 1.70. The van der Waals surface area contributed by atoms with E-state index in [1.54, 1.807) is 6.92 Å². The van der Waals surface area contributed by atoms with Gasteiger partial charge >= 0.3 is 0 Å². The maximum Gasteiger partial charge on any atom is 0.294 e. The van der Waals surface area contributed by atoms with E-state index in [0.29, 0.717) is 5.75 Å². The third kappa shape index (κ3) is 4.70. The SMILES string of the molecule is CC(OCCO)Oc1ccc(S(=O)(=O)O)cc1. The molecule has 0 amide bonds. The Morgan fingerprint density at radius 3 is 2.35 bits per heavy atom. The van der Waals surface area contributed by atoms with Crippen molar-refractivity contribution in [1.29, 1.82) is 0 Å². The Hall–Kier alpha value is -1.15. The predicted octanol–water partition coefficient (Wildman–Crippen LogP) is 0.667. The molecule has 17 heavy (non-hydrogen) atoms. The fourth-order valence-electron chi connectivity index (χ4n) is 1.13. The molecule has 0 fully saturated rings. The van der Waals surface area contributed by atoms with Gasteiger partial charge in [0.2, 0.25) is 0 Å². The molecule has 1 aromatic rings. The van der Waals surface area contributed by atoms with Crippen LogP contribution in [0.25, 0.3) is 0 Å². The van der Waals surface area contributed by atoms with Gasteiger partial charge < -0.3 is 14.6 Å². The molecule has 96 valence electrons. The van der Waals surface area contributed by atoms with E-state index >= 15 is 0 Å². The first-order chi connectivity index (χ1) is 7.93. The molecule has 1 aromatic carbocycles. The van der Waals surface area contributed by atoms with Crippen LogP contribution >= 0.6 is 0 Å². The zero-order valence-corrected chi connectivity index (χ0v) is 10.1. The first-order valence-electron chi connectivity index (χ1n) is 4.90. The highest BCUT2D eigenvalue weighted by atomic mass is 32.2. The molecule has 1 unspecified atom stereocenters. The standard InChI is InChI=1S/C10H14O6S/c1-8(15-7-6-11)16-9-2-4-10(5-3-9)17(12,13)14/h2-5,8,11H,6-7H2,1H3,(H,12,13,14). The Bertz CT molecular complexity index is 438. The Balaban J connectivity index is 2.63. The van der Waals surface area contributed by atoms with E-state index in [1.807, 2.05) is 0 Å². The zero-order chi connectivity index (χ0) is 12.9. The molecule has 0 aliphatic heterocycles. The van der Waals surface area contributed by atoms with Crippen molar-refractivity contribution >= 4 is 10.1 Å². The Morgan fingerprint density at radius 1 is 1.29 bits per heavy atom. The second-order valence-electron chi connectivity index (χ2n) is 3.23. The van der Waals surface area contributed by atoms with Gasteiger partial charge in [-0.3, -0.25) is 4.55 Å². The molecule has 0 aliphatic rings. The van der Waals surface area contributed by atoms with E-state index in [4.69, 9.17) is 19.1 Å². The molecular weight excluding hydrogens is 248 g/mol. The molecule has 0 radical (unpaired) electrons. The number of aliphatic hydroxyl groups is 1. The topological polar surface area (TPSA) is 93.1 Å². The molecule has 0 aromatic heterocycles. The van der Waals surface area contributed by atoms with E-state index in [9.17, 15) is 8.42 Å². The van der Waals surface area contributed by atoms with Crippen LogP contribution in [0.2, 0.25) is 0 Å². The van der Waals surface area contributed by atoms with E-state index in [0.717, 1.165) is 0 Å². The molecular formula is C10H14O6S. The number of aliphatic hydroxyl groups excluding tert-OH is 1. The highest BCUT2D eigenvalue weighted by Crippen LogP contribution is 2.17. The summed E-state index contributed by atoms with van der Waals surface area (Å²) in [6.07, 6.45) is -0.557. The smallest absolute Gasteiger partial charge is 0.294 e. The van der Waals surface area contributed by atoms with Crippen LogP contribution in [-0.4, -0.2) is 37.6 Å². The molecule has 1 rings (SSSR count). The number of hydrogen-bond acceptors (Lipinski definition) is 5. The molecule has 0 spiro atoms. The maximum absolute atomic E-state index is 10.8. The van der Waals surface area contributed by atoms with E-state index in [2.05, 4.69) is 0 Å². The Morgan fingerprint density at radius 2 is 1.88 bits per heavy atom. The minimum atomic E-state index is -4.18. The van der Waals surface area contributed by atoms with Crippen LogP contribution in [0.1, 0.15) is 6.92 Å². The normalized spacial score (nSPS) is 13.4. The second kappa shape index (κ2) is 5.97. The maximum atomic E-state index is 10.8. The van der Waals surface area contributed by atoms with Crippen molar-refractivity contribution in [2.75, 3.05) is 13.2 Å². The molecule has 0 aliphatic carbocycles. The van der Waals surface area contributed by atoms with E-state index in [1.165, 1.54) is 24.3 Å².